The van der Waals surface area contributed by atoms with Crippen molar-refractivity contribution in [2.24, 2.45) is 0 Å². The predicted octanol–water partition coefficient (Wildman–Crippen LogP) is 3.75. The zero-order valence-electron chi connectivity index (χ0n) is 9.99. The van der Waals surface area contributed by atoms with Gasteiger partial charge in [-0.2, -0.15) is 0 Å². The molecule has 1 aromatic carbocycles. The van der Waals surface area contributed by atoms with E-state index in [1.165, 1.54) is 30.6 Å². The van der Waals surface area contributed by atoms with Crippen molar-refractivity contribution in [3.05, 3.63) is 46.7 Å². The topological polar surface area (TPSA) is 47.0 Å². The van der Waals surface area contributed by atoms with Gasteiger partial charge in [-0.15, -0.1) is 13.2 Å². The Kier molecular flexibility index (Phi) is 4.43. The van der Waals surface area contributed by atoms with Gasteiger partial charge < -0.3 is 10.1 Å². The van der Waals surface area contributed by atoms with Crippen LogP contribution < -0.4 is 10.1 Å². The second-order valence-electron chi connectivity index (χ2n) is 3.73. The van der Waals surface area contributed by atoms with Gasteiger partial charge in [0.25, 0.3) is 0 Å². The Morgan fingerprint density at radius 2 is 1.80 bits per heavy atom. The van der Waals surface area contributed by atoms with Crippen LogP contribution in [0.2, 0.25) is 0 Å². The number of benzene rings is 1. The van der Waals surface area contributed by atoms with E-state index in [4.69, 9.17) is 0 Å². The molecule has 0 aliphatic rings. The molecule has 0 spiro atoms. The SMILES string of the molecule is FC(F)(F)Oc1ccccc1CNc1ncc(Br)cn1. The summed E-state index contributed by atoms with van der Waals surface area (Å²) >= 11 is 3.19. The van der Waals surface area contributed by atoms with E-state index in [1.807, 2.05) is 0 Å². The lowest BCUT2D eigenvalue weighted by Gasteiger charge is -2.13. The first-order chi connectivity index (χ1) is 9.44. The molecule has 8 heteroatoms. The van der Waals surface area contributed by atoms with Crippen molar-refractivity contribution in [2.75, 3.05) is 5.32 Å². The Morgan fingerprint density at radius 1 is 1.15 bits per heavy atom. The molecule has 0 atom stereocenters. The van der Waals surface area contributed by atoms with Crippen molar-refractivity contribution in [3.63, 3.8) is 0 Å². The molecule has 1 heterocycles. The predicted molar refractivity (Wildman–Crippen MR) is 70.2 cm³/mol. The minimum Gasteiger partial charge on any atom is -0.405 e. The number of anilines is 1. The molecule has 0 bridgehead atoms. The molecular weight excluding hydrogens is 339 g/mol. The number of rotatable bonds is 4. The number of ether oxygens (including phenoxy) is 1. The van der Waals surface area contributed by atoms with Crippen LogP contribution in [0.4, 0.5) is 19.1 Å². The van der Waals surface area contributed by atoms with Crippen LogP contribution in [0.15, 0.2) is 41.1 Å². The molecule has 0 radical (unpaired) electrons. The van der Waals surface area contributed by atoms with E-state index in [2.05, 4.69) is 36.0 Å². The van der Waals surface area contributed by atoms with Gasteiger partial charge in [0.1, 0.15) is 5.75 Å². The van der Waals surface area contributed by atoms with Gasteiger partial charge in [-0.3, -0.25) is 0 Å². The number of alkyl halides is 3. The molecule has 0 aliphatic heterocycles. The maximum Gasteiger partial charge on any atom is 0.573 e. The number of nitrogens with zero attached hydrogens (tertiary/aromatic N) is 2. The van der Waals surface area contributed by atoms with Gasteiger partial charge in [-0.05, 0) is 22.0 Å². The molecule has 0 saturated carbocycles. The van der Waals surface area contributed by atoms with E-state index < -0.39 is 6.36 Å². The van der Waals surface area contributed by atoms with Crippen LogP contribution in [0.3, 0.4) is 0 Å². The van der Waals surface area contributed by atoms with Crippen molar-refractivity contribution in [3.8, 4) is 5.75 Å². The van der Waals surface area contributed by atoms with Crippen molar-refractivity contribution < 1.29 is 17.9 Å². The van der Waals surface area contributed by atoms with Crippen molar-refractivity contribution in [1.82, 2.24) is 9.97 Å². The number of halogens is 4. The van der Waals surface area contributed by atoms with E-state index in [0.29, 0.717) is 16.0 Å². The summed E-state index contributed by atoms with van der Waals surface area (Å²) in [5.41, 5.74) is 0.358. The lowest BCUT2D eigenvalue weighted by molar-refractivity contribution is -0.274. The highest BCUT2D eigenvalue weighted by atomic mass is 79.9. The normalized spacial score (nSPS) is 11.2. The number of nitrogens with one attached hydrogen (secondary N) is 1. The fourth-order valence-electron chi connectivity index (χ4n) is 1.45. The molecule has 2 aromatic rings. The van der Waals surface area contributed by atoms with Crippen LogP contribution in [0.1, 0.15) is 5.56 Å². The second-order valence-corrected chi connectivity index (χ2v) is 4.65. The van der Waals surface area contributed by atoms with Gasteiger partial charge in [-0.1, -0.05) is 18.2 Å². The van der Waals surface area contributed by atoms with Gasteiger partial charge in [0.2, 0.25) is 5.95 Å². The molecule has 0 saturated heterocycles. The molecule has 0 amide bonds. The highest BCUT2D eigenvalue weighted by Crippen LogP contribution is 2.26. The molecule has 20 heavy (non-hydrogen) atoms. The third kappa shape index (κ3) is 4.37. The van der Waals surface area contributed by atoms with Crippen molar-refractivity contribution in [2.45, 2.75) is 12.9 Å². The molecule has 106 valence electrons. The fourth-order valence-corrected chi connectivity index (χ4v) is 1.66. The van der Waals surface area contributed by atoms with Crippen LogP contribution in [-0.2, 0) is 6.54 Å². The summed E-state index contributed by atoms with van der Waals surface area (Å²) in [4.78, 5) is 7.93. The van der Waals surface area contributed by atoms with E-state index >= 15 is 0 Å². The Labute approximate surface area is 121 Å². The lowest BCUT2D eigenvalue weighted by atomic mass is 10.2. The molecule has 0 unspecified atom stereocenters. The minimum absolute atomic E-state index is 0.119. The summed E-state index contributed by atoms with van der Waals surface area (Å²) in [7, 11) is 0. The van der Waals surface area contributed by atoms with Gasteiger partial charge in [0, 0.05) is 24.5 Å². The van der Waals surface area contributed by atoms with E-state index in [9.17, 15) is 13.2 Å². The first-order valence-corrected chi connectivity index (χ1v) is 6.28. The zero-order chi connectivity index (χ0) is 14.6. The summed E-state index contributed by atoms with van der Waals surface area (Å²) in [5.74, 6) is 0.0691. The smallest absolute Gasteiger partial charge is 0.405 e. The molecule has 1 aromatic heterocycles. The molecule has 0 aliphatic carbocycles. The maximum absolute atomic E-state index is 12.3. The van der Waals surface area contributed by atoms with E-state index in [0.717, 1.165) is 0 Å². The zero-order valence-corrected chi connectivity index (χ0v) is 11.6. The van der Waals surface area contributed by atoms with Gasteiger partial charge in [0.05, 0.1) is 4.47 Å². The van der Waals surface area contributed by atoms with E-state index in [1.54, 1.807) is 6.07 Å². The Bertz CT molecular complexity index is 575. The highest BCUT2D eigenvalue weighted by molar-refractivity contribution is 9.10. The highest BCUT2D eigenvalue weighted by Gasteiger charge is 2.31. The number of para-hydroxylation sites is 1. The Balaban J connectivity index is 2.07. The van der Waals surface area contributed by atoms with Gasteiger partial charge in [-0.25, -0.2) is 9.97 Å². The summed E-state index contributed by atoms with van der Waals surface area (Å²) in [6.07, 6.45) is -1.65. The van der Waals surface area contributed by atoms with Crippen molar-refractivity contribution >= 4 is 21.9 Å². The average molecular weight is 348 g/mol. The number of hydrogen-bond donors (Lipinski definition) is 1. The van der Waals surface area contributed by atoms with Crippen LogP contribution in [0.25, 0.3) is 0 Å². The van der Waals surface area contributed by atoms with Gasteiger partial charge in [0.15, 0.2) is 0 Å². The third-order valence-electron chi connectivity index (χ3n) is 2.26. The van der Waals surface area contributed by atoms with Crippen LogP contribution in [0.5, 0.6) is 5.75 Å². The molecule has 2 rings (SSSR count). The molecule has 1 N–H and O–H groups in total. The monoisotopic (exact) mass is 347 g/mol. The quantitative estimate of drug-likeness (QED) is 0.914. The second kappa shape index (κ2) is 6.08. The Hall–Kier alpha value is -1.83. The largest absolute Gasteiger partial charge is 0.573 e. The van der Waals surface area contributed by atoms with Gasteiger partial charge >= 0.3 is 6.36 Å². The molecular formula is C12H9BrF3N3O. The summed E-state index contributed by atoms with van der Waals surface area (Å²) in [6, 6.07) is 5.89. The van der Waals surface area contributed by atoms with Crippen LogP contribution in [0, 0.1) is 0 Å². The first-order valence-electron chi connectivity index (χ1n) is 5.49. The maximum atomic E-state index is 12.3. The van der Waals surface area contributed by atoms with Crippen molar-refractivity contribution in [1.29, 1.82) is 0 Å². The standard InChI is InChI=1S/C12H9BrF3N3O/c13-9-6-18-11(19-7-9)17-5-8-3-1-2-4-10(8)20-12(14,15)16/h1-4,6-7H,5H2,(H,17,18,19). The summed E-state index contributed by atoms with van der Waals surface area (Å²) in [6.45, 7) is 0.119. The molecule has 4 nitrogen and oxygen atoms in total. The summed E-state index contributed by atoms with van der Waals surface area (Å²) in [5, 5.41) is 2.82. The van der Waals surface area contributed by atoms with E-state index in [-0.39, 0.29) is 12.3 Å². The first kappa shape index (κ1) is 14.6. The third-order valence-corrected chi connectivity index (χ3v) is 2.67. The lowest BCUT2D eigenvalue weighted by Crippen LogP contribution is -2.18. The fraction of sp³-hybridized carbons (Fsp3) is 0.167. The van der Waals surface area contributed by atoms with Crippen LogP contribution in [-0.4, -0.2) is 16.3 Å². The van der Waals surface area contributed by atoms with Crippen LogP contribution >= 0.6 is 15.9 Å². The minimum atomic E-state index is -4.72. The summed E-state index contributed by atoms with van der Waals surface area (Å²) < 4.78 is 41.4. The molecule has 0 fully saturated rings. The number of aromatic nitrogens is 2. The average Bonchev–Trinajstić information content (AvgIpc) is 2.38. The Morgan fingerprint density at radius 3 is 2.45 bits per heavy atom. The number of hydrogen-bond acceptors (Lipinski definition) is 4.